The lowest BCUT2D eigenvalue weighted by Crippen LogP contribution is -2.48. The summed E-state index contributed by atoms with van der Waals surface area (Å²) in [5.41, 5.74) is -0.857. The van der Waals surface area contributed by atoms with E-state index in [4.69, 9.17) is 4.74 Å². The van der Waals surface area contributed by atoms with Crippen molar-refractivity contribution in [2.24, 2.45) is 11.3 Å². The van der Waals surface area contributed by atoms with Crippen LogP contribution in [-0.4, -0.2) is 49.8 Å². The molecular formula is C13H22N2O4. The van der Waals surface area contributed by atoms with Gasteiger partial charge in [0, 0.05) is 19.8 Å². The Hall–Kier alpha value is -1.14. The number of hydrogen-bond donors (Lipinski definition) is 3. The Bertz CT molecular complexity index is 336. The third-order valence-corrected chi connectivity index (χ3v) is 3.94. The van der Waals surface area contributed by atoms with Crippen molar-refractivity contribution in [1.29, 1.82) is 0 Å². The van der Waals surface area contributed by atoms with Crippen LogP contribution in [0.15, 0.2) is 0 Å². The Morgan fingerprint density at radius 1 is 1.26 bits per heavy atom. The van der Waals surface area contributed by atoms with E-state index in [1.165, 1.54) is 12.8 Å². The molecule has 6 nitrogen and oxygen atoms in total. The molecule has 0 spiro atoms. The first kappa shape index (κ1) is 14.3. The van der Waals surface area contributed by atoms with Gasteiger partial charge in [-0.05, 0) is 38.1 Å². The molecule has 2 aliphatic rings. The van der Waals surface area contributed by atoms with Crippen LogP contribution in [0.1, 0.15) is 25.7 Å². The molecule has 19 heavy (non-hydrogen) atoms. The number of ether oxygens (including phenoxy) is 1. The predicted octanol–water partition coefficient (Wildman–Crippen LogP) is -0.0164. The summed E-state index contributed by atoms with van der Waals surface area (Å²) in [5, 5.41) is 15.2. The van der Waals surface area contributed by atoms with Crippen LogP contribution in [0.3, 0.4) is 0 Å². The largest absolute Gasteiger partial charge is 0.481 e. The van der Waals surface area contributed by atoms with Gasteiger partial charge in [0.15, 0.2) is 0 Å². The van der Waals surface area contributed by atoms with Gasteiger partial charge in [-0.1, -0.05) is 0 Å². The molecule has 0 atom stereocenters. The first-order valence-corrected chi connectivity index (χ1v) is 6.91. The molecule has 1 saturated carbocycles. The standard InChI is InChI=1S/C13H22N2O4/c16-11(8-14-7-10-1-2-10)15-9-13(12(17)18)3-5-19-6-4-13/h10,14H,1-9H2,(H,15,16)(H,17,18). The SMILES string of the molecule is O=C(CNCC1CC1)NCC1(C(=O)O)CCOCC1. The average molecular weight is 270 g/mol. The van der Waals surface area contributed by atoms with Crippen LogP contribution in [-0.2, 0) is 14.3 Å². The lowest BCUT2D eigenvalue weighted by Gasteiger charge is -2.33. The lowest BCUT2D eigenvalue weighted by molar-refractivity contribution is -0.154. The van der Waals surface area contributed by atoms with E-state index in [1.54, 1.807) is 0 Å². The summed E-state index contributed by atoms with van der Waals surface area (Å²) in [6.45, 7) is 2.23. The van der Waals surface area contributed by atoms with E-state index < -0.39 is 11.4 Å². The minimum Gasteiger partial charge on any atom is -0.481 e. The van der Waals surface area contributed by atoms with Gasteiger partial charge >= 0.3 is 5.97 Å². The zero-order chi connectivity index (χ0) is 13.7. The average Bonchev–Trinajstić information content (AvgIpc) is 3.21. The summed E-state index contributed by atoms with van der Waals surface area (Å²) in [5.74, 6) is -0.247. The maximum atomic E-state index is 11.7. The van der Waals surface area contributed by atoms with Gasteiger partial charge in [0.1, 0.15) is 0 Å². The molecule has 108 valence electrons. The van der Waals surface area contributed by atoms with E-state index in [0.29, 0.717) is 26.1 Å². The summed E-state index contributed by atoms with van der Waals surface area (Å²) in [6, 6.07) is 0. The van der Waals surface area contributed by atoms with Crippen LogP contribution in [0, 0.1) is 11.3 Å². The molecule has 1 amide bonds. The topological polar surface area (TPSA) is 87.7 Å². The smallest absolute Gasteiger partial charge is 0.311 e. The number of carbonyl (C=O) groups excluding carboxylic acids is 1. The van der Waals surface area contributed by atoms with Gasteiger partial charge in [0.2, 0.25) is 5.91 Å². The van der Waals surface area contributed by atoms with E-state index in [9.17, 15) is 14.7 Å². The maximum Gasteiger partial charge on any atom is 0.311 e. The molecular weight excluding hydrogens is 248 g/mol. The van der Waals surface area contributed by atoms with Crippen LogP contribution in [0.4, 0.5) is 0 Å². The molecule has 0 radical (unpaired) electrons. The first-order chi connectivity index (χ1) is 9.12. The Morgan fingerprint density at radius 2 is 1.95 bits per heavy atom. The number of nitrogens with one attached hydrogen (secondary N) is 2. The normalized spacial score (nSPS) is 21.9. The van der Waals surface area contributed by atoms with Crippen molar-refractivity contribution in [3.63, 3.8) is 0 Å². The first-order valence-electron chi connectivity index (χ1n) is 6.91. The van der Waals surface area contributed by atoms with Gasteiger partial charge in [-0.15, -0.1) is 0 Å². The van der Waals surface area contributed by atoms with Crippen molar-refractivity contribution < 1.29 is 19.4 Å². The predicted molar refractivity (Wildman–Crippen MR) is 68.7 cm³/mol. The van der Waals surface area contributed by atoms with Crippen LogP contribution >= 0.6 is 0 Å². The molecule has 3 N–H and O–H groups in total. The Balaban J connectivity index is 1.71. The third-order valence-electron chi connectivity index (χ3n) is 3.94. The molecule has 0 aromatic heterocycles. The van der Waals surface area contributed by atoms with Gasteiger partial charge in [0.25, 0.3) is 0 Å². The second-order valence-corrected chi connectivity index (χ2v) is 5.55. The van der Waals surface area contributed by atoms with Crippen LogP contribution in [0.25, 0.3) is 0 Å². The van der Waals surface area contributed by atoms with E-state index in [-0.39, 0.29) is 19.0 Å². The fraction of sp³-hybridized carbons (Fsp3) is 0.846. The monoisotopic (exact) mass is 270 g/mol. The number of amides is 1. The summed E-state index contributed by atoms with van der Waals surface area (Å²) in [6.07, 6.45) is 3.41. The molecule has 0 unspecified atom stereocenters. The third kappa shape index (κ3) is 4.18. The molecule has 2 rings (SSSR count). The molecule has 0 bridgehead atoms. The van der Waals surface area contributed by atoms with Crippen molar-refractivity contribution in [3.05, 3.63) is 0 Å². The van der Waals surface area contributed by atoms with E-state index >= 15 is 0 Å². The van der Waals surface area contributed by atoms with E-state index in [0.717, 1.165) is 12.5 Å². The summed E-state index contributed by atoms with van der Waals surface area (Å²) < 4.78 is 5.19. The number of carboxylic acid groups (broad SMARTS) is 1. The second-order valence-electron chi connectivity index (χ2n) is 5.55. The van der Waals surface area contributed by atoms with Crippen molar-refractivity contribution in [2.75, 3.05) is 32.8 Å². The minimum absolute atomic E-state index is 0.132. The lowest BCUT2D eigenvalue weighted by atomic mass is 9.80. The zero-order valence-electron chi connectivity index (χ0n) is 11.1. The fourth-order valence-corrected chi connectivity index (χ4v) is 2.27. The summed E-state index contributed by atoms with van der Waals surface area (Å²) in [4.78, 5) is 23.0. The molecule has 1 aliphatic heterocycles. The Kier molecular flexibility index (Phi) is 4.76. The van der Waals surface area contributed by atoms with Gasteiger partial charge in [-0.25, -0.2) is 0 Å². The number of carboxylic acids is 1. The number of rotatable bonds is 7. The van der Waals surface area contributed by atoms with E-state index in [1.807, 2.05) is 0 Å². The van der Waals surface area contributed by atoms with Crippen molar-refractivity contribution in [1.82, 2.24) is 10.6 Å². The maximum absolute atomic E-state index is 11.7. The number of hydrogen-bond acceptors (Lipinski definition) is 4. The molecule has 2 fully saturated rings. The molecule has 6 heteroatoms. The molecule has 1 saturated heterocycles. The van der Waals surface area contributed by atoms with E-state index in [2.05, 4.69) is 10.6 Å². The molecule has 1 heterocycles. The van der Waals surface area contributed by atoms with Crippen LogP contribution in [0.2, 0.25) is 0 Å². The van der Waals surface area contributed by atoms with Crippen molar-refractivity contribution in [2.45, 2.75) is 25.7 Å². The van der Waals surface area contributed by atoms with Crippen molar-refractivity contribution >= 4 is 11.9 Å². The second kappa shape index (κ2) is 6.34. The quantitative estimate of drug-likeness (QED) is 0.605. The Morgan fingerprint density at radius 3 is 2.53 bits per heavy atom. The van der Waals surface area contributed by atoms with Crippen molar-refractivity contribution in [3.8, 4) is 0 Å². The Labute approximate surface area is 112 Å². The summed E-state index contributed by atoms with van der Waals surface area (Å²) >= 11 is 0. The summed E-state index contributed by atoms with van der Waals surface area (Å²) in [7, 11) is 0. The highest BCUT2D eigenvalue weighted by Gasteiger charge is 2.40. The number of carbonyl (C=O) groups is 2. The number of aliphatic carboxylic acids is 1. The highest BCUT2D eigenvalue weighted by molar-refractivity contribution is 5.80. The van der Waals surface area contributed by atoms with Gasteiger partial charge in [0.05, 0.1) is 12.0 Å². The van der Waals surface area contributed by atoms with Gasteiger partial charge in [-0.3, -0.25) is 9.59 Å². The van der Waals surface area contributed by atoms with Gasteiger partial charge in [-0.2, -0.15) is 0 Å². The van der Waals surface area contributed by atoms with Gasteiger partial charge < -0.3 is 20.5 Å². The molecule has 0 aromatic carbocycles. The fourth-order valence-electron chi connectivity index (χ4n) is 2.27. The van der Waals surface area contributed by atoms with Crippen LogP contribution in [0.5, 0.6) is 0 Å². The minimum atomic E-state index is -0.857. The zero-order valence-corrected chi connectivity index (χ0v) is 11.1. The highest BCUT2D eigenvalue weighted by atomic mass is 16.5. The molecule has 0 aromatic rings. The highest BCUT2D eigenvalue weighted by Crippen LogP contribution is 2.30. The van der Waals surface area contributed by atoms with Crippen LogP contribution < -0.4 is 10.6 Å². The molecule has 1 aliphatic carbocycles.